The van der Waals surface area contributed by atoms with Gasteiger partial charge in [-0.1, -0.05) is 6.07 Å². The first kappa shape index (κ1) is 22.7. The summed E-state index contributed by atoms with van der Waals surface area (Å²) in [6.07, 6.45) is 3.76. The number of anilines is 3. The fourth-order valence-electron chi connectivity index (χ4n) is 3.53. The minimum atomic E-state index is -0.265. The van der Waals surface area contributed by atoms with Gasteiger partial charge >= 0.3 is 0 Å². The number of pyridine rings is 1. The van der Waals surface area contributed by atoms with Gasteiger partial charge < -0.3 is 20.7 Å². The van der Waals surface area contributed by atoms with E-state index in [9.17, 15) is 9.59 Å². The van der Waals surface area contributed by atoms with Gasteiger partial charge in [0.05, 0.1) is 30.4 Å². The Morgan fingerprint density at radius 1 is 1.12 bits per heavy atom. The molecule has 3 N–H and O–H groups in total. The van der Waals surface area contributed by atoms with Crippen LogP contribution in [0, 0.1) is 0 Å². The lowest BCUT2D eigenvalue weighted by molar-refractivity contribution is 0.0935. The van der Waals surface area contributed by atoms with E-state index in [1.165, 1.54) is 16.9 Å². The van der Waals surface area contributed by atoms with Crippen molar-refractivity contribution in [1.29, 1.82) is 0 Å². The fraction of sp³-hybridized carbons (Fsp3) is 0.208. The summed E-state index contributed by atoms with van der Waals surface area (Å²) in [4.78, 5) is 32.3. The van der Waals surface area contributed by atoms with Crippen LogP contribution in [0.1, 0.15) is 34.7 Å². The normalized spacial score (nSPS) is 10.9. The number of ether oxygens (including phenoxy) is 1. The molecule has 4 rings (SSSR count). The lowest BCUT2D eigenvalue weighted by atomic mass is 10.1. The van der Waals surface area contributed by atoms with Crippen LogP contribution in [0.2, 0.25) is 0 Å². The van der Waals surface area contributed by atoms with E-state index in [4.69, 9.17) is 4.74 Å². The zero-order valence-corrected chi connectivity index (χ0v) is 19.3. The smallest absolute Gasteiger partial charge is 0.271 e. The Hall–Kier alpha value is -4.47. The molecular weight excluding hydrogens is 434 g/mol. The zero-order chi connectivity index (χ0) is 24.2. The molecular formula is C24H25N7O3. The maximum absolute atomic E-state index is 12.6. The molecule has 34 heavy (non-hydrogen) atoms. The van der Waals surface area contributed by atoms with E-state index in [2.05, 4.69) is 31.0 Å². The van der Waals surface area contributed by atoms with Crippen molar-refractivity contribution in [2.45, 2.75) is 19.9 Å². The molecule has 0 unspecified atom stereocenters. The number of nitrogens with one attached hydrogen (secondary N) is 3. The minimum Gasteiger partial charge on any atom is -0.494 e. The molecule has 10 nitrogen and oxygen atoms in total. The molecule has 0 aliphatic heterocycles. The second-order valence-electron chi connectivity index (χ2n) is 7.81. The molecule has 3 heterocycles. The van der Waals surface area contributed by atoms with Crippen LogP contribution in [-0.4, -0.2) is 52.0 Å². The number of benzene rings is 1. The van der Waals surface area contributed by atoms with Crippen LogP contribution in [0.25, 0.3) is 16.9 Å². The molecule has 174 valence electrons. The number of imidazole rings is 1. The van der Waals surface area contributed by atoms with Crippen LogP contribution >= 0.6 is 0 Å². The van der Waals surface area contributed by atoms with E-state index >= 15 is 0 Å². The first-order valence-electron chi connectivity index (χ1n) is 10.7. The second kappa shape index (κ2) is 9.57. The third-order valence-electron chi connectivity index (χ3n) is 5.07. The van der Waals surface area contributed by atoms with Gasteiger partial charge in [-0.25, -0.2) is 9.50 Å². The van der Waals surface area contributed by atoms with Crippen molar-refractivity contribution in [2.75, 3.05) is 24.8 Å². The standard InChI is InChI=1S/C24H25N7O3/c1-14(2)28-24(33)20-12-27-23-19(25-3)10-21(30-31(20)23)29-18-7-5-6-16(22(18)34-4)17-9-8-15(13-32)11-26-17/h5-14,25H,1-4H3,(H,28,33)(H,29,30). The Balaban J connectivity index is 1.76. The van der Waals surface area contributed by atoms with Crippen LogP contribution in [0.3, 0.4) is 0 Å². The van der Waals surface area contributed by atoms with Crippen LogP contribution < -0.4 is 20.7 Å². The first-order valence-corrected chi connectivity index (χ1v) is 10.7. The maximum Gasteiger partial charge on any atom is 0.271 e. The number of aldehydes is 1. The Labute approximate surface area is 196 Å². The molecule has 0 aliphatic carbocycles. The molecule has 10 heteroatoms. The monoisotopic (exact) mass is 459 g/mol. The Bertz CT molecular complexity index is 1350. The highest BCUT2D eigenvalue weighted by atomic mass is 16.5. The van der Waals surface area contributed by atoms with Gasteiger partial charge in [0.15, 0.2) is 29.2 Å². The number of methoxy groups -OCH3 is 1. The second-order valence-corrected chi connectivity index (χ2v) is 7.81. The molecule has 0 atom stereocenters. The number of aromatic nitrogens is 4. The highest BCUT2D eigenvalue weighted by molar-refractivity contribution is 5.94. The SMILES string of the molecule is CNc1cc(Nc2cccc(-c3ccc(C=O)cn3)c2OC)nn2c(C(=O)NC(C)C)cnc12. The molecule has 1 aromatic carbocycles. The minimum absolute atomic E-state index is 0.0238. The molecule has 0 fully saturated rings. The number of rotatable bonds is 8. The van der Waals surface area contributed by atoms with Gasteiger partial charge in [-0.15, -0.1) is 5.10 Å². The summed E-state index contributed by atoms with van der Waals surface area (Å²) in [7, 11) is 3.35. The quantitative estimate of drug-likeness (QED) is 0.342. The van der Waals surface area contributed by atoms with Crippen molar-refractivity contribution >= 4 is 35.0 Å². The predicted molar refractivity (Wildman–Crippen MR) is 130 cm³/mol. The van der Waals surface area contributed by atoms with E-state index in [-0.39, 0.29) is 11.9 Å². The largest absolute Gasteiger partial charge is 0.494 e. The van der Waals surface area contributed by atoms with E-state index < -0.39 is 0 Å². The van der Waals surface area contributed by atoms with Gasteiger partial charge in [0.25, 0.3) is 5.91 Å². The molecule has 0 radical (unpaired) electrons. The molecule has 0 aliphatic rings. The summed E-state index contributed by atoms with van der Waals surface area (Å²) in [5.74, 6) is 0.775. The van der Waals surface area contributed by atoms with E-state index in [1.807, 2.05) is 32.0 Å². The maximum atomic E-state index is 12.6. The van der Waals surface area contributed by atoms with Crippen LogP contribution in [0.15, 0.2) is 48.8 Å². The molecule has 0 saturated heterocycles. The summed E-state index contributed by atoms with van der Waals surface area (Å²) in [5, 5.41) is 13.8. The van der Waals surface area contributed by atoms with E-state index in [0.29, 0.717) is 45.5 Å². The number of carbonyl (C=O) groups is 2. The molecule has 4 aromatic rings. The van der Waals surface area contributed by atoms with E-state index in [0.717, 1.165) is 11.8 Å². The lowest BCUT2D eigenvalue weighted by Crippen LogP contribution is -2.31. The van der Waals surface area contributed by atoms with Gasteiger partial charge in [0, 0.05) is 36.5 Å². The number of amides is 1. The van der Waals surface area contributed by atoms with Crippen molar-refractivity contribution in [3.05, 3.63) is 60.0 Å². The van der Waals surface area contributed by atoms with Gasteiger partial charge in [0.1, 0.15) is 0 Å². The summed E-state index contributed by atoms with van der Waals surface area (Å²) in [6.45, 7) is 3.78. The molecule has 0 bridgehead atoms. The number of para-hydroxylation sites is 1. The third kappa shape index (κ3) is 4.38. The van der Waals surface area contributed by atoms with Crippen molar-refractivity contribution < 1.29 is 14.3 Å². The topological polar surface area (TPSA) is 123 Å². The summed E-state index contributed by atoms with van der Waals surface area (Å²) >= 11 is 0. The van der Waals surface area contributed by atoms with Gasteiger partial charge in [-0.2, -0.15) is 0 Å². The van der Waals surface area contributed by atoms with Gasteiger partial charge in [-0.05, 0) is 38.1 Å². The summed E-state index contributed by atoms with van der Waals surface area (Å²) in [6, 6.07) is 10.8. The number of hydrogen-bond acceptors (Lipinski definition) is 8. The number of fused-ring (bicyclic) bond motifs is 1. The fourth-order valence-corrected chi connectivity index (χ4v) is 3.53. The first-order chi connectivity index (χ1) is 16.4. The van der Waals surface area contributed by atoms with Gasteiger partial charge in [0.2, 0.25) is 0 Å². The highest BCUT2D eigenvalue weighted by Crippen LogP contribution is 2.37. The average Bonchev–Trinajstić information content (AvgIpc) is 3.27. The molecule has 1 amide bonds. The van der Waals surface area contributed by atoms with Crippen LogP contribution in [0.4, 0.5) is 17.2 Å². The average molecular weight is 460 g/mol. The highest BCUT2D eigenvalue weighted by Gasteiger charge is 2.18. The Morgan fingerprint density at radius 2 is 1.94 bits per heavy atom. The Morgan fingerprint density at radius 3 is 2.59 bits per heavy atom. The van der Waals surface area contributed by atoms with Gasteiger partial charge in [-0.3, -0.25) is 14.6 Å². The molecule has 3 aromatic heterocycles. The van der Waals surface area contributed by atoms with Crippen LogP contribution in [0.5, 0.6) is 5.75 Å². The molecule has 0 spiro atoms. The molecule has 0 saturated carbocycles. The van der Waals surface area contributed by atoms with Crippen LogP contribution in [-0.2, 0) is 0 Å². The number of carbonyl (C=O) groups excluding carboxylic acids is 2. The lowest BCUT2D eigenvalue weighted by Gasteiger charge is -2.16. The number of nitrogens with zero attached hydrogens (tertiary/aromatic N) is 4. The summed E-state index contributed by atoms with van der Waals surface area (Å²) in [5.41, 5.74) is 4.11. The van der Waals surface area contributed by atoms with Crippen molar-refractivity contribution in [3.63, 3.8) is 0 Å². The predicted octanol–water partition coefficient (Wildman–Crippen LogP) is 3.54. The van der Waals surface area contributed by atoms with Crippen molar-refractivity contribution in [2.24, 2.45) is 0 Å². The van der Waals surface area contributed by atoms with E-state index in [1.54, 1.807) is 32.4 Å². The van der Waals surface area contributed by atoms with Crippen molar-refractivity contribution in [1.82, 2.24) is 24.9 Å². The Kier molecular flexibility index (Phi) is 6.39. The number of hydrogen-bond donors (Lipinski definition) is 3. The van der Waals surface area contributed by atoms with Crippen molar-refractivity contribution in [3.8, 4) is 17.0 Å². The summed E-state index contributed by atoms with van der Waals surface area (Å²) < 4.78 is 7.20. The zero-order valence-electron chi connectivity index (χ0n) is 19.3. The third-order valence-corrected chi connectivity index (χ3v) is 5.07.